The predicted molar refractivity (Wildman–Crippen MR) is 79.4 cm³/mol. The van der Waals surface area contributed by atoms with E-state index in [-0.39, 0.29) is 5.78 Å². The van der Waals surface area contributed by atoms with Crippen molar-refractivity contribution in [3.8, 4) is 0 Å². The molecular formula is C16H15NOS. The van der Waals surface area contributed by atoms with Crippen LogP contribution in [0.4, 0.5) is 0 Å². The van der Waals surface area contributed by atoms with Crippen LogP contribution in [-0.4, -0.2) is 10.8 Å². The quantitative estimate of drug-likeness (QED) is 0.464. The fourth-order valence-electron chi connectivity index (χ4n) is 1.58. The van der Waals surface area contributed by atoms with Crippen molar-refractivity contribution >= 4 is 17.5 Å². The van der Waals surface area contributed by atoms with E-state index in [2.05, 4.69) is 11.9 Å². The minimum Gasteiger partial charge on any atom is -0.289 e. The Morgan fingerprint density at radius 2 is 2.00 bits per heavy atom. The molecule has 0 fully saturated rings. The number of hydrogen-bond acceptors (Lipinski definition) is 3. The van der Waals surface area contributed by atoms with Crippen LogP contribution in [0.15, 0.2) is 65.2 Å². The van der Waals surface area contributed by atoms with Gasteiger partial charge < -0.3 is 0 Å². The lowest BCUT2D eigenvalue weighted by molar-refractivity contribution is 0.104. The highest BCUT2D eigenvalue weighted by molar-refractivity contribution is 8.02. The molecule has 0 bridgehead atoms. The summed E-state index contributed by atoms with van der Waals surface area (Å²) >= 11 is 1.44. The van der Waals surface area contributed by atoms with E-state index in [1.165, 1.54) is 17.3 Å². The number of pyridine rings is 1. The summed E-state index contributed by atoms with van der Waals surface area (Å²) in [5.74, 6) is 0.0195. The van der Waals surface area contributed by atoms with Gasteiger partial charge in [0.1, 0.15) is 5.03 Å². The van der Waals surface area contributed by atoms with Gasteiger partial charge in [0.2, 0.25) is 0 Å². The highest BCUT2D eigenvalue weighted by atomic mass is 32.2. The van der Waals surface area contributed by atoms with Gasteiger partial charge in [0.05, 0.1) is 0 Å². The van der Waals surface area contributed by atoms with Crippen molar-refractivity contribution in [2.75, 3.05) is 0 Å². The van der Waals surface area contributed by atoms with Crippen LogP contribution in [0.25, 0.3) is 0 Å². The molecule has 2 nitrogen and oxygen atoms in total. The van der Waals surface area contributed by atoms with Crippen molar-refractivity contribution in [3.63, 3.8) is 0 Å². The van der Waals surface area contributed by atoms with Crippen LogP contribution < -0.4 is 0 Å². The van der Waals surface area contributed by atoms with Gasteiger partial charge in [0.15, 0.2) is 5.78 Å². The zero-order chi connectivity index (χ0) is 13.5. The standard InChI is InChI=1S/C16H15NOS/c1-2-13-6-8-14(9-7-13)15(18)10-12-19-16-5-3-4-11-17-16/h3-12H,2H2,1H3/b12-10+. The van der Waals surface area contributed by atoms with E-state index in [0.717, 1.165) is 17.0 Å². The number of aryl methyl sites for hydroxylation is 1. The molecule has 96 valence electrons. The molecule has 0 amide bonds. The summed E-state index contributed by atoms with van der Waals surface area (Å²) in [6.45, 7) is 2.10. The van der Waals surface area contributed by atoms with E-state index in [9.17, 15) is 4.79 Å². The molecule has 2 aromatic rings. The first-order valence-electron chi connectivity index (χ1n) is 6.17. The maximum absolute atomic E-state index is 11.9. The minimum atomic E-state index is 0.0195. The third-order valence-electron chi connectivity index (χ3n) is 2.69. The molecule has 0 N–H and O–H groups in total. The smallest absolute Gasteiger partial charge is 0.186 e. The molecule has 0 aliphatic rings. The first kappa shape index (κ1) is 13.6. The van der Waals surface area contributed by atoms with E-state index in [0.29, 0.717) is 0 Å². The van der Waals surface area contributed by atoms with Crippen LogP contribution in [0.2, 0.25) is 0 Å². The average Bonchev–Trinajstić information content (AvgIpc) is 2.48. The molecule has 0 saturated heterocycles. The van der Waals surface area contributed by atoms with Gasteiger partial charge in [0, 0.05) is 11.8 Å². The maximum atomic E-state index is 11.9. The van der Waals surface area contributed by atoms with Gasteiger partial charge in [-0.25, -0.2) is 4.98 Å². The molecule has 0 atom stereocenters. The van der Waals surface area contributed by atoms with Crippen molar-refractivity contribution in [2.24, 2.45) is 0 Å². The van der Waals surface area contributed by atoms with Crippen molar-refractivity contribution in [3.05, 3.63) is 71.3 Å². The van der Waals surface area contributed by atoms with E-state index in [1.807, 2.05) is 42.5 Å². The Morgan fingerprint density at radius 3 is 2.63 bits per heavy atom. The van der Waals surface area contributed by atoms with Crippen molar-refractivity contribution in [1.29, 1.82) is 0 Å². The zero-order valence-corrected chi connectivity index (χ0v) is 11.6. The molecule has 0 saturated carbocycles. The number of thioether (sulfide) groups is 1. The molecule has 3 heteroatoms. The van der Waals surface area contributed by atoms with Gasteiger partial charge in [-0.05, 0) is 35.6 Å². The molecule has 1 aromatic carbocycles. The van der Waals surface area contributed by atoms with Crippen molar-refractivity contribution < 1.29 is 4.79 Å². The molecule has 1 heterocycles. The van der Waals surface area contributed by atoms with E-state index in [1.54, 1.807) is 17.7 Å². The maximum Gasteiger partial charge on any atom is 0.186 e. The molecule has 1 aromatic heterocycles. The Kier molecular flexibility index (Phi) is 4.93. The summed E-state index contributed by atoms with van der Waals surface area (Å²) < 4.78 is 0. The summed E-state index contributed by atoms with van der Waals surface area (Å²) in [5, 5.41) is 2.66. The van der Waals surface area contributed by atoms with Gasteiger partial charge in [-0.2, -0.15) is 0 Å². The first-order valence-corrected chi connectivity index (χ1v) is 7.05. The normalized spacial score (nSPS) is 10.8. The van der Waals surface area contributed by atoms with Crippen LogP contribution in [0, 0.1) is 0 Å². The lowest BCUT2D eigenvalue weighted by Crippen LogP contribution is -1.94. The van der Waals surface area contributed by atoms with Crippen molar-refractivity contribution in [1.82, 2.24) is 4.98 Å². The number of nitrogens with zero attached hydrogens (tertiary/aromatic N) is 1. The Bertz CT molecular complexity index is 561. The Balaban J connectivity index is 1.96. The van der Waals surface area contributed by atoms with Crippen LogP contribution in [0.3, 0.4) is 0 Å². The topological polar surface area (TPSA) is 30.0 Å². The van der Waals surface area contributed by atoms with E-state index >= 15 is 0 Å². The summed E-state index contributed by atoms with van der Waals surface area (Å²) in [6.07, 6.45) is 4.31. The number of rotatable bonds is 5. The lowest BCUT2D eigenvalue weighted by atomic mass is 10.1. The second kappa shape index (κ2) is 6.90. The molecular weight excluding hydrogens is 254 g/mol. The van der Waals surface area contributed by atoms with Crippen LogP contribution in [0.1, 0.15) is 22.8 Å². The fourth-order valence-corrected chi connectivity index (χ4v) is 2.19. The largest absolute Gasteiger partial charge is 0.289 e. The van der Waals surface area contributed by atoms with Gasteiger partial charge in [0.25, 0.3) is 0 Å². The molecule has 19 heavy (non-hydrogen) atoms. The SMILES string of the molecule is CCc1ccc(C(=O)/C=C/Sc2ccccn2)cc1. The molecule has 0 aliphatic carbocycles. The average molecular weight is 269 g/mol. The zero-order valence-electron chi connectivity index (χ0n) is 10.7. The van der Waals surface area contributed by atoms with Crippen LogP contribution >= 0.6 is 11.8 Å². The number of hydrogen-bond donors (Lipinski definition) is 0. The molecule has 0 radical (unpaired) electrons. The summed E-state index contributed by atoms with van der Waals surface area (Å²) in [5.41, 5.74) is 1.96. The first-order chi connectivity index (χ1) is 9.29. The predicted octanol–water partition coefficient (Wildman–Crippen LogP) is 4.13. The van der Waals surface area contributed by atoms with Crippen LogP contribution in [0.5, 0.6) is 0 Å². The number of carbonyl (C=O) groups is 1. The number of benzene rings is 1. The Morgan fingerprint density at radius 1 is 1.21 bits per heavy atom. The Labute approximate surface area is 117 Å². The number of carbonyl (C=O) groups excluding carboxylic acids is 1. The second-order valence-electron chi connectivity index (χ2n) is 4.00. The molecule has 0 aliphatic heterocycles. The summed E-state index contributed by atoms with van der Waals surface area (Å²) in [6, 6.07) is 13.4. The van der Waals surface area contributed by atoms with Crippen LogP contribution in [-0.2, 0) is 6.42 Å². The molecule has 0 unspecified atom stereocenters. The fraction of sp³-hybridized carbons (Fsp3) is 0.125. The second-order valence-corrected chi connectivity index (χ2v) is 4.93. The third-order valence-corrected chi connectivity index (χ3v) is 3.45. The number of allylic oxidation sites excluding steroid dienone is 1. The molecule has 2 rings (SSSR count). The van der Waals surface area contributed by atoms with E-state index < -0.39 is 0 Å². The summed E-state index contributed by atoms with van der Waals surface area (Å²) in [4.78, 5) is 16.1. The highest BCUT2D eigenvalue weighted by Crippen LogP contribution is 2.16. The number of ketones is 1. The summed E-state index contributed by atoms with van der Waals surface area (Å²) in [7, 11) is 0. The Hall–Kier alpha value is -1.87. The number of aromatic nitrogens is 1. The van der Waals surface area contributed by atoms with E-state index in [4.69, 9.17) is 0 Å². The molecule has 0 spiro atoms. The highest BCUT2D eigenvalue weighted by Gasteiger charge is 2.01. The van der Waals surface area contributed by atoms with Gasteiger partial charge in [-0.15, -0.1) is 0 Å². The monoisotopic (exact) mass is 269 g/mol. The van der Waals surface area contributed by atoms with Gasteiger partial charge in [-0.1, -0.05) is 49.0 Å². The third kappa shape index (κ3) is 4.07. The van der Waals surface area contributed by atoms with Gasteiger partial charge >= 0.3 is 0 Å². The van der Waals surface area contributed by atoms with Crippen molar-refractivity contribution in [2.45, 2.75) is 18.4 Å². The minimum absolute atomic E-state index is 0.0195. The van der Waals surface area contributed by atoms with Gasteiger partial charge in [-0.3, -0.25) is 4.79 Å². The lowest BCUT2D eigenvalue weighted by Gasteiger charge is -1.98.